The van der Waals surface area contributed by atoms with Gasteiger partial charge in [0.15, 0.2) is 4.96 Å². The van der Waals surface area contributed by atoms with Crippen LogP contribution >= 0.6 is 23.1 Å². The quantitative estimate of drug-likeness (QED) is 0.737. The lowest BCUT2D eigenvalue weighted by atomic mass is 10.3. The number of hydrogen-bond acceptors (Lipinski definition) is 5. The summed E-state index contributed by atoms with van der Waals surface area (Å²) in [6.45, 7) is 1.83. The number of carbonyl (C=O) groups excluding carboxylic acids is 1. The van der Waals surface area contributed by atoms with Crippen molar-refractivity contribution in [2.24, 2.45) is 0 Å². The molecule has 0 saturated carbocycles. The second-order valence-electron chi connectivity index (χ2n) is 5.25. The lowest BCUT2D eigenvalue weighted by Gasteiger charge is -2.06. The molecule has 3 aromatic rings. The van der Waals surface area contributed by atoms with E-state index >= 15 is 0 Å². The van der Waals surface area contributed by atoms with Crippen molar-refractivity contribution in [3.63, 3.8) is 0 Å². The molecule has 0 radical (unpaired) electrons. The van der Waals surface area contributed by atoms with Gasteiger partial charge in [0.25, 0.3) is 5.56 Å². The van der Waals surface area contributed by atoms with E-state index in [-0.39, 0.29) is 17.0 Å². The standard InChI is InChI=1S/C16H13F2N3O2S2/c1-9-6-25-16-19-11(5-15(23)21(9)16)7-24-8-14(22)20-13-3-2-10(17)4-12(13)18/h2-6H,7-8H2,1H3,(H,20,22). The molecule has 25 heavy (non-hydrogen) atoms. The summed E-state index contributed by atoms with van der Waals surface area (Å²) in [7, 11) is 0. The minimum Gasteiger partial charge on any atom is -0.323 e. The van der Waals surface area contributed by atoms with Gasteiger partial charge in [0, 0.05) is 29.0 Å². The van der Waals surface area contributed by atoms with E-state index in [9.17, 15) is 18.4 Å². The molecule has 3 rings (SSSR count). The van der Waals surface area contributed by atoms with Gasteiger partial charge in [-0.15, -0.1) is 23.1 Å². The van der Waals surface area contributed by atoms with E-state index in [0.29, 0.717) is 22.5 Å². The zero-order valence-corrected chi connectivity index (χ0v) is 14.7. The van der Waals surface area contributed by atoms with Gasteiger partial charge < -0.3 is 5.32 Å². The van der Waals surface area contributed by atoms with Crippen LogP contribution in [0.25, 0.3) is 4.96 Å². The summed E-state index contributed by atoms with van der Waals surface area (Å²) < 4.78 is 27.8. The molecule has 0 fully saturated rings. The van der Waals surface area contributed by atoms with Crippen LogP contribution in [0.15, 0.2) is 34.4 Å². The van der Waals surface area contributed by atoms with Crippen LogP contribution in [0, 0.1) is 18.6 Å². The van der Waals surface area contributed by atoms with Gasteiger partial charge in [-0.25, -0.2) is 13.8 Å². The molecular formula is C16H13F2N3O2S2. The number of rotatable bonds is 5. The van der Waals surface area contributed by atoms with E-state index in [1.807, 2.05) is 12.3 Å². The first kappa shape index (κ1) is 17.6. The van der Waals surface area contributed by atoms with Gasteiger partial charge in [-0.1, -0.05) is 0 Å². The molecule has 1 aromatic carbocycles. The van der Waals surface area contributed by atoms with Crippen LogP contribution in [-0.4, -0.2) is 21.0 Å². The summed E-state index contributed by atoms with van der Waals surface area (Å²) in [5.74, 6) is -1.52. The second-order valence-corrected chi connectivity index (χ2v) is 7.07. The second kappa shape index (κ2) is 7.32. The fourth-order valence-corrected chi connectivity index (χ4v) is 3.81. The Morgan fingerprint density at radius 3 is 2.92 bits per heavy atom. The molecule has 1 amide bonds. The summed E-state index contributed by atoms with van der Waals surface area (Å²) in [5.41, 5.74) is 1.19. The number of nitrogens with zero attached hydrogens (tertiary/aromatic N) is 2. The van der Waals surface area contributed by atoms with Gasteiger partial charge in [0.1, 0.15) is 11.6 Å². The van der Waals surface area contributed by atoms with E-state index in [1.54, 1.807) is 0 Å². The van der Waals surface area contributed by atoms with Crippen molar-refractivity contribution in [3.8, 4) is 0 Å². The summed E-state index contributed by atoms with van der Waals surface area (Å²) in [6.07, 6.45) is 0. The number of aryl methyl sites for hydroxylation is 1. The molecule has 0 bridgehead atoms. The lowest BCUT2D eigenvalue weighted by Crippen LogP contribution is -2.16. The summed E-state index contributed by atoms with van der Waals surface area (Å²) >= 11 is 2.63. The Hall–Kier alpha value is -2.26. The van der Waals surface area contributed by atoms with Gasteiger partial charge in [0.2, 0.25) is 5.91 Å². The van der Waals surface area contributed by atoms with E-state index < -0.39 is 17.5 Å². The van der Waals surface area contributed by atoms with Crippen molar-refractivity contribution in [2.75, 3.05) is 11.1 Å². The molecule has 0 aliphatic heterocycles. The summed E-state index contributed by atoms with van der Waals surface area (Å²) in [5, 5.41) is 4.23. The van der Waals surface area contributed by atoms with Crippen molar-refractivity contribution >= 4 is 39.7 Å². The third-order valence-corrected chi connectivity index (χ3v) is 5.23. The Bertz CT molecular complexity index is 1000. The van der Waals surface area contributed by atoms with Crippen LogP contribution in [0.3, 0.4) is 0 Å². The van der Waals surface area contributed by atoms with Crippen molar-refractivity contribution in [1.82, 2.24) is 9.38 Å². The monoisotopic (exact) mass is 381 g/mol. The largest absolute Gasteiger partial charge is 0.323 e. The first-order chi connectivity index (χ1) is 11.9. The molecule has 9 heteroatoms. The molecule has 2 heterocycles. The van der Waals surface area contributed by atoms with E-state index in [1.165, 1.54) is 39.6 Å². The van der Waals surface area contributed by atoms with Crippen LogP contribution in [0.4, 0.5) is 14.5 Å². The maximum Gasteiger partial charge on any atom is 0.258 e. The number of aromatic nitrogens is 2. The number of carbonyl (C=O) groups is 1. The summed E-state index contributed by atoms with van der Waals surface area (Å²) in [4.78, 5) is 28.9. The van der Waals surface area contributed by atoms with Crippen molar-refractivity contribution < 1.29 is 13.6 Å². The van der Waals surface area contributed by atoms with E-state index in [4.69, 9.17) is 0 Å². The molecule has 0 saturated heterocycles. The Balaban J connectivity index is 1.59. The van der Waals surface area contributed by atoms with E-state index in [2.05, 4.69) is 10.3 Å². The maximum absolute atomic E-state index is 13.5. The van der Waals surface area contributed by atoms with Gasteiger partial charge >= 0.3 is 0 Å². The zero-order valence-electron chi connectivity index (χ0n) is 13.1. The highest BCUT2D eigenvalue weighted by atomic mass is 32.2. The highest BCUT2D eigenvalue weighted by molar-refractivity contribution is 7.99. The Morgan fingerprint density at radius 2 is 2.16 bits per heavy atom. The smallest absolute Gasteiger partial charge is 0.258 e. The molecule has 130 valence electrons. The number of thioether (sulfide) groups is 1. The highest BCUT2D eigenvalue weighted by Gasteiger charge is 2.10. The van der Waals surface area contributed by atoms with Gasteiger partial charge in [-0.3, -0.25) is 14.0 Å². The topological polar surface area (TPSA) is 63.5 Å². The van der Waals surface area contributed by atoms with Gasteiger partial charge in [0.05, 0.1) is 17.1 Å². The first-order valence-electron chi connectivity index (χ1n) is 7.23. The number of benzene rings is 1. The number of thiazole rings is 1. The number of hydrogen-bond donors (Lipinski definition) is 1. The van der Waals surface area contributed by atoms with Crippen LogP contribution in [0.2, 0.25) is 0 Å². The molecule has 2 aromatic heterocycles. The van der Waals surface area contributed by atoms with E-state index in [0.717, 1.165) is 11.8 Å². The fraction of sp³-hybridized carbons (Fsp3) is 0.188. The van der Waals surface area contributed by atoms with Crippen molar-refractivity contribution in [2.45, 2.75) is 12.7 Å². The average Bonchev–Trinajstić information content (AvgIpc) is 2.92. The molecule has 1 N–H and O–H groups in total. The van der Waals surface area contributed by atoms with Crippen LogP contribution in [0.5, 0.6) is 0 Å². The lowest BCUT2D eigenvalue weighted by molar-refractivity contribution is -0.113. The molecule has 0 aliphatic carbocycles. The Kier molecular flexibility index (Phi) is 5.14. The predicted octanol–water partition coefficient (Wildman–Crippen LogP) is 3.21. The molecule has 0 atom stereocenters. The molecule has 0 aliphatic rings. The summed E-state index contributed by atoms with van der Waals surface area (Å²) in [6, 6.07) is 4.39. The van der Waals surface area contributed by atoms with Crippen LogP contribution in [-0.2, 0) is 10.5 Å². The maximum atomic E-state index is 13.5. The van der Waals surface area contributed by atoms with Crippen LogP contribution < -0.4 is 10.9 Å². The van der Waals surface area contributed by atoms with Crippen LogP contribution in [0.1, 0.15) is 11.4 Å². The number of halogens is 2. The normalized spacial score (nSPS) is 11.0. The number of amides is 1. The number of anilines is 1. The minimum atomic E-state index is -0.827. The molecule has 0 unspecified atom stereocenters. The SMILES string of the molecule is Cc1csc2nc(CSCC(=O)Nc3ccc(F)cc3F)cc(=O)n12. The zero-order chi connectivity index (χ0) is 18.0. The predicted molar refractivity (Wildman–Crippen MR) is 95.2 cm³/mol. The Morgan fingerprint density at radius 1 is 1.36 bits per heavy atom. The molecular weight excluding hydrogens is 368 g/mol. The third kappa shape index (κ3) is 4.05. The Labute approximate surface area is 149 Å². The number of nitrogens with one attached hydrogen (secondary N) is 1. The highest BCUT2D eigenvalue weighted by Crippen LogP contribution is 2.17. The average molecular weight is 381 g/mol. The first-order valence-corrected chi connectivity index (χ1v) is 9.27. The van der Waals surface area contributed by atoms with Crippen molar-refractivity contribution in [1.29, 1.82) is 0 Å². The molecule has 0 spiro atoms. The third-order valence-electron chi connectivity index (χ3n) is 3.32. The van der Waals surface area contributed by atoms with Gasteiger partial charge in [-0.2, -0.15) is 0 Å². The molecule has 5 nitrogen and oxygen atoms in total. The minimum absolute atomic E-state index is 0.0569. The number of fused-ring (bicyclic) bond motifs is 1. The fourth-order valence-electron chi connectivity index (χ4n) is 2.20. The van der Waals surface area contributed by atoms with Crippen molar-refractivity contribution in [3.05, 3.63) is 63.0 Å². The van der Waals surface area contributed by atoms with Gasteiger partial charge in [-0.05, 0) is 19.1 Å².